The Balaban J connectivity index is 2.30. The van der Waals surface area contributed by atoms with Gasteiger partial charge in [0.1, 0.15) is 5.54 Å². The first kappa shape index (κ1) is 15.2. The van der Waals surface area contributed by atoms with Crippen LogP contribution in [0.1, 0.15) is 40.0 Å². The normalized spacial score (nSPS) is 28.9. The Labute approximate surface area is 125 Å². The van der Waals surface area contributed by atoms with Crippen LogP contribution in [0.3, 0.4) is 0 Å². The third kappa shape index (κ3) is 3.26. The average molecular weight is 295 g/mol. The van der Waals surface area contributed by atoms with Gasteiger partial charge in [0.05, 0.1) is 0 Å². The zero-order chi connectivity index (χ0) is 15.0. The zero-order valence-electron chi connectivity index (χ0n) is 12.4. The molecular formula is C16H23ClN2O. The van der Waals surface area contributed by atoms with Crippen LogP contribution in [0, 0.1) is 11.3 Å². The van der Waals surface area contributed by atoms with Crippen LogP contribution in [0.25, 0.3) is 0 Å². The van der Waals surface area contributed by atoms with Gasteiger partial charge in [-0.25, -0.2) is 0 Å². The fraction of sp³-hybridized carbons (Fsp3) is 0.562. The second-order valence-corrected chi connectivity index (χ2v) is 7.37. The van der Waals surface area contributed by atoms with E-state index in [4.69, 9.17) is 17.3 Å². The van der Waals surface area contributed by atoms with Gasteiger partial charge < -0.3 is 11.1 Å². The van der Waals surface area contributed by atoms with Crippen LogP contribution in [-0.4, -0.2) is 11.4 Å². The molecule has 0 heterocycles. The van der Waals surface area contributed by atoms with E-state index in [2.05, 4.69) is 26.1 Å². The second kappa shape index (κ2) is 5.28. The minimum Gasteiger partial charge on any atom is -0.371 e. The van der Waals surface area contributed by atoms with E-state index < -0.39 is 5.54 Å². The van der Waals surface area contributed by atoms with Crippen molar-refractivity contribution >= 4 is 23.2 Å². The molecule has 2 unspecified atom stereocenters. The quantitative estimate of drug-likeness (QED) is 0.890. The minimum atomic E-state index is -0.672. The van der Waals surface area contributed by atoms with E-state index in [9.17, 15) is 4.79 Å². The lowest BCUT2D eigenvalue weighted by Gasteiger charge is -2.46. The first-order valence-corrected chi connectivity index (χ1v) is 7.44. The van der Waals surface area contributed by atoms with Gasteiger partial charge in [0.2, 0.25) is 5.91 Å². The van der Waals surface area contributed by atoms with Crippen LogP contribution in [0.5, 0.6) is 0 Å². The molecule has 20 heavy (non-hydrogen) atoms. The van der Waals surface area contributed by atoms with E-state index in [1.54, 1.807) is 0 Å². The number of hydrogen-bond donors (Lipinski definition) is 2. The maximum atomic E-state index is 12.1. The van der Waals surface area contributed by atoms with E-state index >= 15 is 0 Å². The molecular weight excluding hydrogens is 272 g/mol. The Morgan fingerprint density at radius 3 is 2.40 bits per heavy atom. The number of nitrogens with one attached hydrogen (secondary N) is 1. The zero-order valence-corrected chi connectivity index (χ0v) is 13.1. The topological polar surface area (TPSA) is 55.1 Å². The summed E-state index contributed by atoms with van der Waals surface area (Å²) in [6.07, 6.45) is 2.64. The van der Waals surface area contributed by atoms with Crippen LogP contribution in [-0.2, 0) is 4.79 Å². The summed E-state index contributed by atoms with van der Waals surface area (Å²) in [5.74, 6) is 0.193. The minimum absolute atomic E-state index is 0.103. The van der Waals surface area contributed by atoms with Crippen molar-refractivity contribution in [3.8, 4) is 0 Å². The molecule has 4 heteroatoms. The fourth-order valence-electron chi connectivity index (χ4n) is 3.73. The maximum absolute atomic E-state index is 12.1. The first-order chi connectivity index (χ1) is 9.22. The average Bonchev–Trinajstić information content (AvgIpc) is 2.29. The second-order valence-electron chi connectivity index (χ2n) is 6.93. The Morgan fingerprint density at radius 1 is 1.30 bits per heavy atom. The molecule has 0 saturated heterocycles. The molecule has 3 nitrogen and oxygen atoms in total. The van der Waals surface area contributed by atoms with Crippen molar-refractivity contribution in [3.05, 3.63) is 29.3 Å². The first-order valence-electron chi connectivity index (χ1n) is 7.06. The number of primary amides is 1. The molecule has 1 fully saturated rings. The van der Waals surface area contributed by atoms with Gasteiger partial charge in [-0.3, -0.25) is 4.79 Å². The van der Waals surface area contributed by atoms with Gasteiger partial charge in [0.25, 0.3) is 0 Å². The highest BCUT2D eigenvalue weighted by atomic mass is 35.5. The molecule has 1 aromatic carbocycles. The number of carbonyl (C=O) groups is 1. The summed E-state index contributed by atoms with van der Waals surface area (Å²) in [4.78, 5) is 12.1. The Morgan fingerprint density at radius 2 is 1.90 bits per heavy atom. The van der Waals surface area contributed by atoms with Gasteiger partial charge in [-0.15, -0.1) is 0 Å². The van der Waals surface area contributed by atoms with Gasteiger partial charge in [0.15, 0.2) is 0 Å². The lowest BCUT2D eigenvalue weighted by Crippen LogP contribution is -2.56. The van der Waals surface area contributed by atoms with Crippen LogP contribution in [0.15, 0.2) is 24.3 Å². The van der Waals surface area contributed by atoms with E-state index in [0.29, 0.717) is 10.9 Å². The van der Waals surface area contributed by atoms with Gasteiger partial charge >= 0.3 is 0 Å². The van der Waals surface area contributed by atoms with Crippen molar-refractivity contribution in [1.29, 1.82) is 0 Å². The molecule has 2 rings (SSSR count). The summed E-state index contributed by atoms with van der Waals surface area (Å²) in [7, 11) is 0. The smallest absolute Gasteiger partial charge is 0.243 e. The molecule has 0 radical (unpaired) electrons. The standard InChI is InChI=1S/C16H23ClN2O/c1-11-8-15(2,3)10-16(9-11,14(18)20)19-13-6-4-12(17)5-7-13/h4-7,11,19H,8-10H2,1-3H3,(H2,18,20). The van der Waals surface area contributed by atoms with E-state index in [0.717, 1.165) is 24.9 Å². The number of carbonyl (C=O) groups excluding carboxylic acids is 1. The molecule has 1 amide bonds. The summed E-state index contributed by atoms with van der Waals surface area (Å²) in [5, 5.41) is 4.06. The SMILES string of the molecule is CC1CC(C)(C)CC(Nc2ccc(Cl)cc2)(C(N)=O)C1. The van der Waals surface area contributed by atoms with Gasteiger partial charge in [-0.1, -0.05) is 32.4 Å². The highest BCUT2D eigenvalue weighted by molar-refractivity contribution is 6.30. The highest BCUT2D eigenvalue weighted by Crippen LogP contribution is 2.45. The molecule has 0 aliphatic heterocycles. The lowest BCUT2D eigenvalue weighted by atomic mass is 9.64. The fourth-order valence-corrected chi connectivity index (χ4v) is 3.85. The van der Waals surface area contributed by atoms with Gasteiger partial charge in [-0.2, -0.15) is 0 Å². The van der Waals surface area contributed by atoms with Crippen molar-refractivity contribution in [2.45, 2.75) is 45.6 Å². The number of anilines is 1. The number of hydrogen-bond acceptors (Lipinski definition) is 2. The number of benzene rings is 1. The largest absolute Gasteiger partial charge is 0.371 e. The van der Waals surface area contributed by atoms with Crippen molar-refractivity contribution in [3.63, 3.8) is 0 Å². The number of halogens is 1. The van der Waals surface area contributed by atoms with Gasteiger partial charge in [0, 0.05) is 10.7 Å². The molecule has 0 bridgehead atoms. The van der Waals surface area contributed by atoms with Crippen molar-refractivity contribution in [1.82, 2.24) is 0 Å². The summed E-state index contributed by atoms with van der Waals surface area (Å²) in [6.45, 7) is 6.58. The molecule has 0 spiro atoms. The third-order valence-corrected chi connectivity index (χ3v) is 4.33. The number of amides is 1. The van der Waals surface area contributed by atoms with Crippen molar-refractivity contribution < 1.29 is 4.79 Å². The van der Waals surface area contributed by atoms with E-state index in [1.807, 2.05) is 24.3 Å². The Bertz CT molecular complexity index is 498. The van der Waals surface area contributed by atoms with E-state index in [1.165, 1.54) is 0 Å². The summed E-state index contributed by atoms with van der Waals surface area (Å²) in [5.41, 5.74) is 6.05. The third-order valence-electron chi connectivity index (χ3n) is 4.08. The maximum Gasteiger partial charge on any atom is 0.243 e. The van der Waals surface area contributed by atoms with Crippen LogP contribution < -0.4 is 11.1 Å². The molecule has 110 valence electrons. The van der Waals surface area contributed by atoms with Crippen LogP contribution in [0.2, 0.25) is 5.02 Å². The van der Waals surface area contributed by atoms with Crippen molar-refractivity contribution in [2.75, 3.05) is 5.32 Å². The Hall–Kier alpha value is -1.22. The number of rotatable bonds is 3. The van der Waals surface area contributed by atoms with Crippen LogP contribution >= 0.6 is 11.6 Å². The predicted octanol–water partition coefficient (Wildman–Crippen LogP) is 3.82. The molecule has 3 N–H and O–H groups in total. The molecule has 2 atom stereocenters. The molecule has 1 saturated carbocycles. The lowest BCUT2D eigenvalue weighted by molar-refractivity contribution is -0.125. The summed E-state index contributed by atoms with van der Waals surface area (Å²) in [6, 6.07) is 7.41. The molecule has 0 aromatic heterocycles. The van der Waals surface area contributed by atoms with Crippen LogP contribution in [0.4, 0.5) is 5.69 Å². The van der Waals surface area contributed by atoms with Gasteiger partial charge in [-0.05, 0) is 54.9 Å². The monoisotopic (exact) mass is 294 g/mol. The van der Waals surface area contributed by atoms with Crippen molar-refractivity contribution in [2.24, 2.45) is 17.1 Å². The van der Waals surface area contributed by atoms with E-state index in [-0.39, 0.29) is 11.3 Å². The molecule has 1 aliphatic carbocycles. The summed E-state index contributed by atoms with van der Waals surface area (Å²) < 4.78 is 0. The molecule has 1 aromatic rings. The predicted molar refractivity (Wildman–Crippen MR) is 83.8 cm³/mol. The molecule has 1 aliphatic rings. The summed E-state index contributed by atoms with van der Waals surface area (Å²) >= 11 is 5.90. The highest BCUT2D eigenvalue weighted by Gasteiger charge is 2.46. The number of nitrogens with two attached hydrogens (primary N) is 1. The Kier molecular flexibility index (Phi) is 4.01.